The first kappa shape index (κ1) is 18.2. The summed E-state index contributed by atoms with van der Waals surface area (Å²) < 4.78 is 10.5. The average molecular weight is 357 g/mol. The standard InChI is InChI=1S/C20H23NO5/c1-2-6-18(22)25-15-10-9-13-11-16(20(24)26-17(13)12-15)19(23)21-14-7-4-3-5-8-14/h9-12,14H,2-8H2,1H3,(H,21,23). The Morgan fingerprint density at radius 2 is 1.96 bits per heavy atom. The van der Waals surface area contributed by atoms with Crippen molar-refractivity contribution in [1.82, 2.24) is 5.32 Å². The van der Waals surface area contributed by atoms with E-state index in [0.29, 0.717) is 24.0 Å². The Labute approximate surface area is 151 Å². The maximum atomic E-state index is 12.4. The zero-order valence-corrected chi connectivity index (χ0v) is 14.9. The second kappa shape index (κ2) is 8.17. The van der Waals surface area contributed by atoms with E-state index in [1.54, 1.807) is 12.1 Å². The molecule has 1 amide bonds. The molecule has 0 radical (unpaired) electrons. The van der Waals surface area contributed by atoms with Gasteiger partial charge in [-0.05, 0) is 37.5 Å². The molecule has 1 saturated carbocycles. The summed E-state index contributed by atoms with van der Waals surface area (Å²) in [6.45, 7) is 1.89. The van der Waals surface area contributed by atoms with E-state index in [1.165, 1.54) is 18.6 Å². The first-order valence-electron chi connectivity index (χ1n) is 9.16. The fourth-order valence-corrected chi connectivity index (χ4v) is 3.21. The molecular weight excluding hydrogens is 334 g/mol. The molecule has 1 aliphatic carbocycles. The quantitative estimate of drug-likeness (QED) is 0.502. The van der Waals surface area contributed by atoms with Crippen molar-refractivity contribution in [3.63, 3.8) is 0 Å². The third-order valence-electron chi connectivity index (χ3n) is 4.58. The van der Waals surface area contributed by atoms with Crippen molar-refractivity contribution < 1.29 is 18.7 Å². The summed E-state index contributed by atoms with van der Waals surface area (Å²) in [4.78, 5) is 36.2. The number of hydrogen-bond donors (Lipinski definition) is 1. The molecule has 6 heteroatoms. The zero-order valence-electron chi connectivity index (χ0n) is 14.9. The van der Waals surface area contributed by atoms with E-state index in [2.05, 4.69) is 5.32 Å². The van der Waals surface area contributed by atoms with Gasteiger partial charge >= 0.3 is 11.6 Å². The molecule has 138 valence electrons. The van der Waals surface area contributed by atoms with E-state index in [-0.39, 0.29) is 23.2 Å². The lowest BCUT2D eigenvalue weighted by molar-refractivity contribution is -0.134. The van der Waals surface area contributed by atoms with Crippen molar-refractivity contribution in [1.29, 1.82) is 0 Å². The highest BCUT2D eigenvalue weighted by Gasteiger charge is 2.20. The maximum Gasteiger partial charge on any atom is 0.349 e. The molecule has 3 rings (SSSR count). The molecule has 0 spiro atoms. The zero-order chi connectivity index (χ0) is 18.5. The fraction of sp³-hybridized carbons (Fsp3) is 0.450. The summed E-state index contributed by atoms with van der Waals surface area (Å²) in [6.07, 6.45) is 6.28. The summed E-state index contributed by atoms with van der Waals surface area (Å²) in [7, 11) is 0. The highest BCUT2D eigenvalue weighted by atomic mass is 16.5. The van der Waals surface area contributed by atoms with Crippen LogP contribution in [0.3, 0.4) is 0 Å². The van der Waals surface area contributed by atoms with Crippen LogP contribution in [0, 0.1) is 0 Å². The van der Waals surface area contributed by atoms with Gasteiger partial charge in [-0.25, -0.2) is 4.79 Å². The minimum atomic E-state index is -0.692. The summed E-state index contributed by atoms with van der Waals surface area (Å²) in [5, 5.41) is 3.53. The van der Waals surface area contributed by atoms with Crippen LogP contribution < -0.4 is 15.7 Å². The third kappa shape index (κ3) is 4.31. The van der Waals surface area contributed by atoms with Crippen LogP contribution in [0.4, 0.5) is 0 Å². The van der Waals surface area contributed by atoms with Gasteiger partial charge in [0, 0.05) is 23.9 Å². The highest BCUT2D eigenvalue weighted by Crippen LogP contribution is 2.22. The largest absolute Gasteiger partial charge is 0.426 e. The van der Waals surface area contributed by atoms with Crippen LogP contribution in [-0.4, -0.2) is 17.9 Å². The number of amides is 1. The van der Waals surface area contributed by atoms with Crippen LogP contribution >= 0.6 is 0 Å². The summed E-state index contributed by atoms with van der Waals surface area (Å²) in [6, 6.07) is 6.43. The van der Waals surface area contributed by atoms with Crippen LogP contribution in [0.5, 0.6) is 5.75 Å². The molecule has 1 aliphatic rings. The Bertz CT molecular complexity index is 864. The summed E-state index contributed by atoms with van der Waals surface area (Å²) in [5.74, 6) is -0.415. The van der Waals surface area contributed by atoms with Gasteiger partial charge in [-0.2, -0.15) is 0 Å². The van der Waals surface area contributed by atoms with E-state index in [0.717, 1.165) is 25.7 Å². The molecule has 1 N–H and O–H groups in total. The topological polar surface area (TPSA) is 85.6 Å². The van der Waals surface area contributed by atoms with Crippen molar-refractivity contribution in [2.75, 3.05) is 0 Å². The Morgan fingerprint density at radius 1 is 1.19 bits per heavy atom. The van der Waals surface area contributed by atoms with Gasteiger partial charge in [-0.3, -0.25) is 9.59 Å². The first-order valence-corrected chi connectivity index (χ1v) is 9.16. The SMILES string of the molecule is CCCC(=O)Oc1ccc2cc(C(=O)NC3CCCCC3)c(=O)oc2c1. The van der Waals surface area contributed by atoms with E-state index < -0.39 is 11.5 Å². The number of fused-ring (bicyclic) bond motifs is 1. The lowest BCUT2D eigenvalue weighted by Gasteiger charge is -2.22. The van der Waals surface area contributed by atoms with Crippen molar-refractivity contribution in [2.45, 2.75) is 57.9 Å². The van der Waals surface area contributed by atoms with Crippen molar-refractivity contribution in [2.24, 2.45) is 0 Å². The Kier molecular flexibility index (Phi) is 5.71. The molecule has 26 heavy (non-hydrogen) atoms. The molecule has 0 saturated heterocycles. The van der Waals surface area contributed by atoms with Crippen LogP contribution in [0.25, 0.3) is 11.0 Å². The van der Waals surface area contributed by atoms with Crippen LogP contribution in [0.2, 0.25) is 0 Å². The van der Waals surface area contributed by atoms with Gasteiger partial charge in [0.15, 0.2) is 0 Å². The molecule has 1 aromatic heterocycles. The highest BCUT2D eigenvalue weighted by molar-refractivity contribution is 5.97. The number of benzene rings is 1. The average Bonchev–Trinajstić information content (AvgIpc) is 2.62. The van der Waals surface area contributed by atoms with Gasteiger partial charge in [-0.1, -0.05) is 26.2 Å². The van der Waals surface area contributed by atoms with Gasteiger partial charge in [-0.15, -0.1) is 0 Å². The third-order valence-corrected chi connectivity index (χ3v) is 4.58. The number of nitrogens with one attached hydrogen (secondary N) is 1. The second-order valence-electron chi connectivity index (χ2n) is 6.68. The normalized spacial score (nSPS) is 15.0. The van der Waals surface area contributed by atoms with Crippen LogP contribution in [-0.2, 0) is 4.79 Å². The summed E-state index contributed by atoms with van der Waals surface area (Å²) in [5.41, 5.74) is -0.410. The molecule has 0 atom stereocenters. The molecule has 1 fully saturated rings. The first-order chi connectivity index (χ1) is 12.6. The number of rotatable bonds is 5. The van der Waals surface area contributed by atoms with E-state index in [1.807, 2.05) is 6.92 Å². The number of carbonyl (C=O) groups excluding carboxylic acids is 2. The van der Waals surface area contributed by atoms with Crippen molar-refractivity contribution in [3.05, 3.63) is 40.2 Å². The molecule has 1 heterocycles. The van der Waals surface area contributed by atoms with Gasteiger partial charge in [0.05, 0.1) is 0 Å². The van der Waals surface area contributed by atoms with E-state index >= 15 is 0 Å². The van der Waals surface area contributed by atoms with Crippen molar-refractivity contribution >= 4 is 22.8 Å². The molecule has 2 aromatic rings. The van der Waals surface area contributed by atoms with Crippen molar-refractivity contribution in [3.8, 4) is 5.75 Å². The molecule has 6 nitrogen and oxygen atoms in total. The summed E-state index contributed by atoms with van der Waals surface area (Å²) >= 11 is 0. The molecular formula is C20H23NO5. The number of carbonyl (C=O) groups is 2. The van der Waals surface area contributed by atoms with Gasteiger partial charge < -0.3 is 14.5 Å². The number of ether oxygens (including phenoxy) is 1. The minimum Gasteiger partial charge on any atom is -0.426 e. The van der Waals surface area contributed by atoms with E-state index in [4.69, 9.17) is 9.15 Å². The predicted octanol–water partition coefficient (Wildman–Crippen LogP) is 3.56. The Morgan fingerprint density at radius 3 is 2.69 bits per heavy atom. The molecule has 0 bridgehead atoms. The van der Waals surface area contributed by atoms with E-state index in [9.17, 15) is 14.4 Å². The molecule has 1 aromatic carbocycles. The molecule has 0 unspecified atom stereocenters. The number of hydrogen-bond acceptors (Lipinski definition) is 5. The van der Waals surface area contributed by atoms with Gasteiger partial charge in [0.1, 0.15) is 16.9 Å². The Balaban J connectivity index is 1.80. The monoisotopic (exact) mass is 357 g/mol. The fourth-order valence-electron chi connectivity index (χ4n) is 3.21. The second-order valence-corrected chi connectivity index (χ2v) is 6.68. The molecule has 0 aliphatic heterocycles. The minimum absolute atomic E-state index is 0.00111. The van der Waals surface area contributed by atoms with Gasteiger partial charge in [0.25, 0.3) is 5.91 Å². The smallest absolute Gasteiger partial charge is 0.349 e. The Hall–Kier alpha value is -2.63. The lowest BCUT2D eigenvalue weighted by Crippen LogP contribution is -2.38. The number of esters is 1. The maximum absolute atomic E-state index is 12.4. The van der Waals surface area contributed by atoms with Crippen LogP contribution in [0.15, 0.2) is 33.5 Å². The van der Waals surface area contributed by atoms with Gasteiger partial charge in [0.2, 0.25) is 0 Å². The predicted molar refractivity (Wildman–Crippen MR) is 97.4 cm³/mol. The van der Waals surface area contributed by atoms with Crippen LogP contribution in [0.1, 0.15) is 62.2 Å². The lowest BCUT2D eigenvalue weighted by atomic mass is 9.95.